The van der Waals surface area contributed by atoms with Gasteiger partial charge in [-0.2, -0.15) is 0 Å². The fourth-order valence-corrected chi connectivity index (χ4v) is 2.13. The largest absolute Gasteiger partial charge is 0.370 e. The van der Waals surface area contributed by atoms with Crippen molar-refractivity contribution in [2.75, 3.05) is 11.9 Å². The van der Waals surface area contributed by atoms with E-state index in [2.05, 4.69) is 20.3 Å². The van der Waals surface area contributed by atoms with E-state index < -0.39 is 4.92 Å². The second-order valence-electron chi connectivity index (χ2n) is 3.49. The molecular weight excluding hydrogens is 266 g/mol. The zero-order chi connectivity index (χ0) is 13.7. The summed E-state index contributed by atoms with van der Waals surface area (Å²) in [6, 6.07) is 4.55. The number of pyridine rings is 1. The molecular formula is C11H11N5O2S. The van der Waals surface area contributed by atoms with Crippen LogP contribution < -0.4 is 5.32 Å². The lowest BCUT2D eigenvalue weighted by molar-refractivity contribution is -0.385. The summed E-state index contributed by atoms with van der Waals surface area (Å²) in [5.41, 5.74) is 0.00232. The molecule has 0 aliphatic rings. The average Bonchev–Trinajstić information content (AvgIpc) is 2.40. The van der Waals surface area contributed by atoms with E-state index in [-0.39, 0.29) is 5.69 Å². The summed E-state index contributed by atoms with van der Waals surface area (Å²) in [6.07, 6.45) is 3.03. The number of hydrogen-bond acceptors (Lipinski definition) is 7. The number of anilines is 1. The van der Waals surface area contributed by atoms with Crippen LogP contribution in [0.15, 0.2) is 40.8 Å². The third-order valence-electron chi connectivity index (χ3n) is 2.12. The van der Waals surface area contributed by atoms with Crippen LogP contribution in [-0.4, -0.2) is 26.4 Å². The van der Waals surface area contributed by atoms with E-state index >= 15 is 0 Å². The molecule has 98 valence electrons. The number of rotatable bonds is 5. The maximum absolute atomic E-state index is 10.9. The van der Waals surface area contributed by atoms with Crippen LogP contribution >= 0.6 is 11.8 Å². The van der Waals surface area contributed by atoms with E-state index in [1.54, 1.807) is 12.3 Å². The molecule has 0 aromatic carbocycles. The van der Waals surface area contributed by atoms with Crippen LogP contribution in [0.3, 0.4) is 0 Å². The molecule has 2 heterocycles. The molecule has 0 fully saturated rings. The van der Waals surface area contributed by atoms with Crippen LogP contribution in [0.25, 0.3) is 0 Å². The van der Waals surface area contributed by atoms with E-state index in [0.717, 1.165) is 0 Å². The van der Waals surface area contributed by atoms with Crippen LogP contribution in [0.2, 0.25) is 0 Å². The molecule has 1 N–H and O–H groups in total. The van der Waals surface area contributed by atoms with E-state index in [4.69, 9.17) is 0 Å². The second kappa shape index (κ2) is 6.10. The normalized spacial score (nSPS) is 10.2. The Kier molecular flexibility index (Phi) is 4.24. The highest BCUT2D eigenvalue weighted by atomic mass is 32.2. The molecule has 7 nitrogen and oxygen atoms in total. The van der Waals surface area contributed by atoms with Gasteiger partial charge in [-0.1, -0.05) is 0 Å². The van der Waals surface area contributed by atoms with Crippen LogP contribution in [0.5, 0.6) is 0 Å². The number of nitrogens with zero attached hydrogens (tertiary/aromatic N) is 4. The van der Waals surface area contributed by atoms with Gasteiger partial charge in [0.2, 0.25) is 0 Å². The first-order valence-corrected chi connectivity index (χ1v) is 6.35. The topological polar surface area (TPSA) is 93.8 Å². The molecule has 2 rings (SSSR count). The van der Waals surface area contributed by atoms with Crippen molar-refractivity contribution in [2.24, 2.45) is 0 Å². The molecule has 0 unspecified atom stereocenters. The Morgan fingerprint density at radius 3 is 2.89 bits per heavy atom. The molecule has 0 saturated carbocycles. The van der Waals surface area contributed by atoms with Crippen molar-refractivity contribution < 1.29 is 4.92 Å². The summed E-state index contributed by atoms with van der Waals surface area (Å²) in [7, 11) is 0. The molecule has 19 heavy (non-hydrogen) atoms. The zero-order valence-electron chi connectivity index (χ0n) is 10.1. The maximum Gasteiger partial charge on any atom is 0.275 e. The van der Waals surface area contributed by atoms with Gasteiger partial charge in [0.05, 0.1) is 11.0 Å². The Hall–Kier alpha value is -2.22. The van der Waals surface area contributed by atoms with Gasteiger partial charge in [-0.15, -0.1) is 0 Å². The van der Waals surface area contributed by atoms with Gasteiger partial charge >= 0.3 is 0 Å². The van der Waals surface area contributed by atoms with Crippen molar-refractivity contribution in [2.45, 2.75) is 17.0 Å². The van der Waals surface area contributed by atoms with Crippen molar-refractivity contribution in [3.63, 3.8) is 0 Å². The molecule has 2 aromatic rings. The van der Waals surface area contributed by atoms with Gasteiger partial charge in [-0.3, -0.25) is 10.1 Å². The molecule has 0 atom stereocenters. The summed E-state index contributed by atoms with van der Waals surface area (Å²) < 4.78 is 0. The maximum atomic E-state index is 10.9. The second-order valence-corrected chi connectivity index (χ2v) is 4.53. The van der Waals surface area contributed by atoms with Crippen molar-refractivity contribution in [3.05, 3.63) is 40.8 Å². The monoisotopic (exact) mass is 277 g/mol. The highest BCUT2D eigenvalue weighted by Crippen LogP contribution is 2.28. The first kappa shape index (κ1) is 13.2. The number of hydrogen-bond donors (Lipinski definition) is 1. The van der Waals surface area contributed by atoms with Crippen molar-refractivity contribution >= 4 is 23.3 Å². The molecule has 2 aromatic heterocycles. The minimum Gasteiger partial charge on any atom is -0.370 e. The van der Waals surface area contributed by atoms with Gasteiger partial charge in [0, 0.05) is 18.8 Å². The third kappa shape index (κ3) is 3.62. The number of aromatic nitrogens is 3. The van der Waals surface area contributed by atoms with E-state index in [1.807, 2.05) is 6.92 Å². The SMILES string of the molecule is CCNc1cc([N+](=O)[O-])cc(Sc2ccncn2)n1. The molecule has 0 aliphatic heterocycles. The highest BCUT2D eigenvalue weighted by molar-refractivity contribution is 7.99. The average molecular weight is 277 g/mol. The zero-order valence-corrected chi connectivity index (χ0v) is 10.9. The smallest absolute Gasteiger partial charge is 0.275 e. The highest BCUT2D eigenvalue weighted by Gasteiger charge is 2.12. The van der Waals surface area contributed by atoms with E-state index in [0.29, 0.717) is 22.4 Å². The lowest BCUT2D eigenvalue weighted by Gasteiger charge is -2.05. The first-order chi connectivity index (χ1) is 9.19. The van der Waals surface area contributed by atoms with Gasteiger partial charge in [0.15, 0.2) is 0 Å². The van der Waals surface area contributed by atoms with Crippen molar-refractivity contribution in [1.29, 1.82) is 0 Å². The quantitative estimate of drug-likeness (QED) is 0.509. The summed E-state index contributed by atoms with van der Waals surface area (Å²) in [6.45, 7) is 2.55. The van der Waals surface area contributed by atoms with Gasteiger partial charge in [-0.25, -0.2) is 15.0 Å². The Bertz CT molecular complexity index is 579. The summed E-state index contributed by atoms with van der Waals surface area (Å²) in [5.74, 6) is 0.480. The fourth-order valence-electron chi connectivity index (χ4n) is 1.37. The standard InChI is InChI=1S/C11H11N5O2S/c1-2-13-9-5-8(16(17)18)6-11(15-9)19-10-3-4-12-7-14-10/h3-7H,2H2,1H3,(H,13,15). The van der Waals surface area contributed by atoms with Crippen LogP contribution in [0, 0.1) is 10.1 Å². The lowest BCUT2D eigenvalue weighted by atomic mass is 10.4. The first-order valence-electron chi connectivity index (χ1n) is 5.53. The summed E-state index contributed by atoms with van der Waals surface area (Å²) >= 11 is 1.25. The molecule has 0 radical (unpaired) electrons. The predicted octanol–water partition coefficient (Wildman–Crippen LogP) is 2.36. The molecule has 0 saturated heterocycles. The van der Waals surface area contributed by atoms with Gasteiger partial charge in [0.1, 0.15) is 22.2 Å². The van der Waals surface area contributed by atoms with Crippen LogP contribution in [-0.2, 0) is 0 Å². The van der Waals surface area contributed by atoms with E-state index in [9.17, 15) is 10.1 Å². The minimum absolute atomic E-state index is 0.00232. The Labute approximate surface area is 113 Å². The molecule has 0 spiro atoms. The number of nitrogens with one attached hydrogen (secondary N) is 1. The van der Waals surface area contributed by atoms with Crippen molar-refractivity contribution in [1.82, 2.24) is 15.0 Å². The van der Waals surface area contributed by atoms with Gasteiger partial charge < -0.3 is 5.32 Å². The molecule has 8 heteroatoms. The molecule has 0 aliphatic carbocycles. The Morgan fingerprint density at radius 2 is 2.26 bits per heavy atom. The molecule has 0 bridgehead atoms. The van der Waals surface area contributed by atoms with Crippen molar-refractivity contribution in [3.8, 4) is 0 Å². The predicted molar refractivity (Wildman–Crippen MR) is 71.2 cm³/mol. The van der Waals surface area contributed by atoms with Gasteiger partial charge in [-0.05, 0) is 24.8 Å². The van der Waals surface area contributed by atoms with Gasteiger partial charge in [0.25, 0.3) is 5.69 Å². The number of nitro groups is 1. The van der Waals surface area contributed by atoms with Crippen LogP contribution in [0.4, 0.5) is 11.5 Å². The summed E-state index contributed by atoms with van der Waals surface area (Å²) in [5, 5.41) is 15.0. The van der Waals surface area contributed by atoms with Crippen LogP contribution in [0.1, 0.15) is 6.92 Å². The summed E-state index contributed by atoms with van der Waals surface area (Å²) in [4.78, 5) is 22.6. The minimum atomic E-state index is -0.438. The third-order valence-corrected chi connectivity index (χ3v) is 2.99. The molecule has 0 amide bonds. The van der Waals surface area contributed by atoms with E-state index in [1.165, 1.54) is 30.2 Å². The fraction of sp³-hybridized carbons (Fsp3) is 0.182. The lowest BCUT2D eigenvalue weighted by Crippen LogP contribution is -2.01. The Morgan fingerprint density at radius 1 is 1.42 bits per heavy atom. The Balaban J connectivity index is 2.31.